The fourth-order valence-electron chi connectivity index (χ4n) is 2.30. The topological polar surface area (TPSA) is 72.6 Å². The Morgan fingerprint density at radius 2 is 1.96 bits per heavy atom. The highest BCUT2D eigenvalue weighted by Crippen LogP contribution is 2.23. The maximum absolute atomic E-state index is 13.7. The minimum Gasteiger partial charge on any atom is -0.456 e. The molecule has 1 aromatic heterocycles. The van der Waals surface area contributed by atoms with Crippen molar-refractivity contribution in [1.29, 1.82) is 0 Å². The number of oxazole rings is 1. The SMILES string of the molecule is CCN(CC)C(=O)COC(=O)CCc1ncc(-c2ccccc2F)o1. The summed E-state index contributed by atoms with van der Waals surface area (Å²) in [4.78, 5) is 29.1. The van der Waals surface area contributed by atoms with Gasteiger partial charge in [0, 0.05) is 19.5 Å². The number of carbonyl (C=O) groups excluding carboxylic acids is 2. The second kappa shape index (κ2) is 8.96. The lowest BCUT2D eigenvalue weighted by Crippen LogP contribution is -2.34. The van der Waals surface area contributed by atoms with Gasteiger partial charge < -0.3 is 14.1 Å². The molecule has 0 atom stereocenters. The molecule has 6 nitrogen and oxygen atoms in total. The van der Waals surface area contributed by atoms with Crippen molar-refractivity contribution in [2.75, 3.05) is 19.7 Å². The van der Waals surface area contributed by atoms with Gasteiger partial charge in [0.1, 0.15) is 5.82 Å². The highest BCUT2D eigenvalue weighted by Gasteiger charge is 2.15. The van der Waals surface area contributed by atoms with Crippen molar-refractivity contribution in [2.24, 2.45) is 0 Å². The summed E-state index contributed by atoms with van der Waals surface area (Å²) in [5.74, 6) is -0.523. The first-order chi connectivity index (χ1) is 12.0. The van der Waals surface area contributed by atoms with Gasteiger partial charge in [-0.2, -0.15) is 0 Å². The Bertz CT molecular complexity index is 725. The molecule has 25 heavy (non-hydrogen) atoms. The van der Waals surface area contributed by atoms with Crippen LogP contribution in [0, 0.1) is 5.82 Å². The number of benzene rings is 1. The van der Waals surface area contributed by atoms with Crippen LogP contribution in [-0.4, -0.2) is 41.5 Å². The first kappa shape index (κ1) is 18.6. The summed E-state index contributed by atoms with van der Waals surface area (Å²) in [6.07, 6.45) is 1.67. The van der Waals surface area contributed by atoms with Crippen LogP contribution in [0.15, 0.2) is 34.9 Å². The van der Waals surface area contributed by atoms with Crippen molar-refractivity contribution in [3.8, 4) is 11.3 Å². The molecular weight excluding hydrogens is 327 g/mol. The van der Waals surface area contributed by atoms with Crippen LogP contribution >= 0.6 is 0 Å². The first-order valence-electron chi connectivity index (χ1n) is 8.18. The Balaban J connectivity index is 1.83. The predicted molar refractivity (Wildman–Crippen MR) is 89.1 cm³/mol. The number of nitrogens with zero attached hydrogens (tertiary/aromatic N) is 2. The van der Waals surface area contributed by atoms with Crippen LogP contribution < -0.4 is 0 Å². The van der Waals surface area contributed by atoms with Crippen LogP contribution in [0.4, 0.5) is 4.39 Å². The molecule has 0 aliphatic rings. The van der Waals surface area contributed by atoms with Crippen LogP contribution in [0.2, 0.25) is 0 Å². The molecule has 0 fully saturated rings. The van der Waals surface area contributed by atoms with Gasteiger partial charge in [-0.3, -0.25) is 9.59 Å². The number of rotatable bonds is 8. The molecule has 0 aliphatic heterocycles. The molecule has 1 amide bonds. The third-order valence-electron chi connectivity index (χ3n) is 3.71. The number of esters is 1. The van der Waals surface area contributed by atoms with Gasteiger partial charge >= 0.3 is 5.97 Å². The van der Waals surface area contributed by atoms with E-state index in [9.17, 15) is 14.0 Å². The van der Waals surface area contributed by atoms with Crippen molar-refractivity contribution in [3.05, 3.63) is 42.2 Å². The van der Waals surface area contributed by atoms with Crippen LogP contribution in [0.5, 0.6) is 0 Å². The predicted octanol–water partition coefficient (Wildman–Crippen LogP) is 2.82. The summed E-state index contributed by atoms with van der Waals surface area (Å²) < 4.78 is 24.1. The van der Waals surface area contributed by atoms with Crippen LogP contribution in [0.3, 0.4) is 0 Å². The van der Waals surface area contributed by atoms with E-state index in [-0.39, 0.29) is 25.4 Å². The minimum absolute atomic E-state index is 0.0305. The molecule has 0 aliphatic carbocycles. The highest BCUT2D eigenvalue weighted by atomic mass is 19.1. The summed E-state index contributed by atoms with van der Waals surface area (Å²) in [6.45, 7) is 4.59. The van der Waals surface area contributed by atoms with E-state index < -0.39 is 11.8 Å². The standard InChI is InChI=1S/C18H21FN2O4/c1-3-21(4-2)17(22)12-24-18(23)10-9-16-20-11-15(25-16)13-7-5-6-8-14(13)19/h5-8,11H,3-4,9-10,12H2,1-2H3. The summed E-state index contributed by atoms with van der Waals surface area (Å²) in [5, 5.41) is 0. The average molecular weight is 348 g/mol. The molecule has 1 aromatic carbocycles. The Hall–Kier alpha value is -2.70. The lowest BCUT2D eigenvalue weighted by molar-refractivity contribution is -0.151. The number of hydrogen-bond acceptors (Lipinski definition) is 5. The normalized spacial score (nSPS) is 10.5. The van der Waals surface area contributed by atoms with Crippen molar-refractivity contribution >= 4 is 11.9 Å². The summed E-state index contributed by atoms with van der Waals surface area (Å²) in [7, 11) is 0. The van der Waals surface area contributed by atoms with E-state index in [1.54, 1.807) is 23.1 Å². The quantitative estimate of drug-likeness (QED) is 0.686. The summed E-state index contributed by atoms with van der Waals surface area (Å²) in [6, 6.07) is 6.21. The first-order valence-corrected chi connectivity index (χ1v) is 8.18. The van der Waals surface area contributed by atoms with E-state index in [1.807, 2.05) is 13.8 Å². The lowest BCUT2D eigenvalue weighted by atomic mass is 10.2. The zero-order chi connectivity index (χ0) is 18.2. The highest BCUT2D eigenvalue weighted by molar-refractivity contribution is 5.80. The number of aromatic nitrogens is 1. The molecule has 0 saturated carbocycles. The Morgan fingerprint density at radius 1 is 1.24 bits per heavy atom. The maximum Gasteiger partial charge on any atom is 0.306 e. The maximum atomic E-state index is 13.7. The van der Waals surface area contributed by atoms with Crippen molar-refractivity contribution in [2.45, 2.75) is 26.7 Å². The molecule has 0 N–H and O–H groups in total. The molecule has 2 aromatic rings. The van der Waals surface area contributed by atoms with E-state index in [2.05, 4.69) is 4.98 Å². The smallest absolute Gasteiger partial charge is 0.306 e. The molecule has 0 radical (unpaired) electrons. The van der Waals surface area contributed by atoms with Gasteiger partial charge in [-0.15, -0.1) is 0 Å². The van der Waals surface area contributed by atoms with Crippen LogP contribution in [-0.2, 0) is 20.7 Å². The Kier molecular flexibility index (Phi) is 6.68. The third-order valence-corrected chi connectivity index (χ3v) is 3.71. The van der Waals surface area contributed by atoms with Crippen molar-refractivity contribution in [3.63, 3.8) is 0 Å². The monoisotopic (exact) mass is 348 g/mol. The van der Waals surface area contributed by atoms with E-state index in [0.717, 1.165) is 0 Å². The molecule has 134 valence electrons. The van der Waals surface area contributed by atoms with Gasteiger partial charge in [-0.25, -0.2) is 9.37 Å². The molecule has 2 rings (SSSR count). The molecular formula is C18H21FN2O4. The zero-order valence-corrected chi connectivity index (χ0v) is 14.3. The van der Waals surface area contributed by atoms with E-state index >= 15 is 0 Å². The number of aryl methyl sites for hydroxylation is 1. The van der Waals surface area contributed by atoms with E-state index in [1.165, 1.54) is 12.3 Å². The van der Waals surface area contributed by atoms with Crippen LogP contribution in [0.1, 0.15) is 26.2 Å². The van der Waals surface area contributed by atoms with Gasteiger partial charge in [0.05, 0.1) is 18.2 Å². The molecule has 0 unspecified atom stereocenters. The molecule has 0 bridgehead atoms. The van der Waals surface area contributed by atoms with Gasteiger partial charge in [0.2, 0.25) is 0 Å². The Morgan fingerprint density at radius 3 is 2.64 bits per heavy atom. The molecule has 0 spiro atoms. The number of carbonyl (C=O) groups is 2. The van der Waals surface area contributed by atoms with Gasteiger partial charge in [0.25, 0.3) is 5.91 Å². The molecule has 7 heteroatoms. The van der Waals surface area contributed by atoms with Crippen molar-refractivity contribution in [1.82, 2.24) is 9.88 Å². The molecule has 0 saturated heterocycles. The second-order valence-corrected chi connectivity index (χ2v) is 5.32. The fraction of sp³-hybridized carbons (Fsp3) is 0.389. The van der Waals surface area contributed by atoms with E-state index in [0.29, 0.717) is 30.3 Å². The van der Waals surface area contributed by atoms with Crippen molar-refractivity contribution < 1.29 is 23.1 Å². The Labute approximate surface area is 145 Å². The summed E-state index contributed by atoms with van der Waals surface area (Å²) in [5.41, 5.74) is 0.314. The summed E-state index contributed by atoms with van der Waals surface area (Å²) >= 11 is 0. The number of amides is 1. The molecule has 1 heterocycles. The second-order valence-electron chi connectivity index (χ2n) is 5.32. The van der Waals surface area contributed by atoms with Gasteiger partial charge in [0.15, 0.2) is 18.3 Å². The fourth-order valence-corrected chi connectivity index (χ4v) is 2.30. The zero-order valence-electron chi connectivity index (χ0n) is 14.3. The number of halogens is 1. The minimum atomic E-state index is -0.508. The largest absolute Gasteiger partial charge is 0.456 e. The third kappa shape index (κ3) is 5.14. The number of ether oxygens (including phenoxy) is 1. The van der Waals surface area contributed by atoms with Gasteiger partial charge in [-0.05, 0) is 26.0 Å². The lowest BCUT2D eigenvalue weighted by Gasteiger charge is -2.18. The number of likely N-dealkylation sites (N-methyl/N-ethyl adjacent to an activating group) is 1. The average Bonchev–Trinajstić information content (AvgIpc) is 3.08. The van der Waals surface area contributed by atoms with Crippen LogP contribution in [0.25, 0.3) is 11.3 Å². The van der Waals surface area contributed by atoms with E-state index in [4.69, 9.17) is 9.15 Å². The van der Waals surface area contributed by atoms with Gasteiger partial charge in [-0.1, -0.05) is 12.1 Å². The number of hydrogen-bond donors (Lipinski definition) is 0.